The molecule has 2 aliphatic rings. The second kappa shape index (κ2) is 3.14. The summed E-state index contributed by atoms with van der Waals surface area (Å²) in [5.74, 6) is 2.07. The molecule has 0 radical (unpaired) electrons. The Hall–Kier alpha value is -0.0400. The highest BCUT2D eigenvalue weighted by Gasteiger charge is 2.35. The van der Waals surface area contributed by atoms with Gasteiger partial charge in [-0.25, -0.2) is 0 Å². The van der Waals surface area contributed by atoms with Gasteiger partial charge in [-0.2, -0.15) is 0 Å². The maximum atomic E-state index is 3.65. The predicted molar refractivity (Wildman–Crippen MR) is 47.5 cm³/mol. The first kappa shape index (κ1) is 7.60. The molecule has 1 nitrogen and oxygen atoms in total. The van der Waals surface area contributed by atoms with Gasteiger partial charge in [0.2, 0.25) is 0 Å². The van der Waals surface area contributed by atoms with Crippen molar-refractivity contribution in [3.05, 3.63) is 0 Å². The van der Waals surface area contributed by atoms with E-state index in [-0.39, 0.29) is 0 Å². The molecule has 0 bridgehead atoms. The van der Waals surface area contributed by atoms with E-state index in [2.05, 4.69) is 12.2 Å². The molecular formula is C10H19N. The van der Waals surface area contributed by atoms with E-state index in [0.29, 0.717) is 0 Å². The van der Waals surface area contributed by atoms with E-state index in [1.54, 1.807) is 0 Å². The number of nitrogens with one attached hydrogen (secondary N) is 1. The Bertz CT molecular complexity index is 127. The average Bonchev–Trinajstić information content (AvgIpc) is 2.47. The molecule has 3 unspecified atom stereocenters. The van der Waals surface area contributed by atoms with Crippen molar-refractivity contribution in [2.75, 3.05) is 6.54 Å². The third kappa shape index (κ3) is 1.31. The zero-order valence-corrected chi connectivity index (χ0v) is 7.47. The highest BCUT2D eigenvalue weighted by atomic mass is 15.0. The normalized spacial score (nSPS) is 43.9. The third-order valence-corrected chi connectivity index (χ3v) is 3.57. The van der Waals surface area contributed by atoms with E-state index < -0.39 is 0 Å². The maximum Gasteiger partial charge on any atom is 0.00959 e. The van der Waals surface area contributed by atoms with E-state index >= 15 is 0 Å². The molecule has 64 valence electrons. The maximum absolute atomic E-state index is 3.65. The Morgan fingerprint density at radius 1 is 1.27 bits per heavy atom. The summed E-state index contributed by atoms with van der Waals surface area (Å²) in [6, 6.07) is 0.861. The van der Waals surface area contributed by atoms with Crippen molar-refractivity contribution >= 4 is 0 Å². The molecule has 0 amide bonds. The lowest BCUT2D eigenvalue weighted by Gasteiger charge is -2.27. The van der Waals surface area contributed by atoms with Crippen LogP contribution in [0.5, 0.6) is 0 Å². The van der Waals surface area contributed by atoms with Crippen molar-refractivity contribution in [2.24, 2.45) is 11.8 Å². The lowest BCUT2D eigenvalue weighted by atomic mass is 9.78. The minimum atomic E-state index is 0.861. The predicted octanol–water partition coefficient (Wildman–Crippen LogP) is 2.17. The largest absolute Gasteiger partial charge is 0.313 e. The van der Waals surface area contributed by atoms with Crippen LogP contribution in [0.4, 0.5) is 0 Å². The first-order valence-electron chi connectivity index (χ1n) is 5.15. The minimum absolute atomic E-state index is 0.861. The molecule has 0 spiro atoms. The van der Waals surface area contributed by atoms with Crippen molar-refractivity contribution in [2.45, 2.75) is 45.1 Å². The van der Waals surface area contributed by atoms with E-state index in [1.165, 1.54) is 38.6 Å². The van der Waals surface area contributed by atoms with E-state index in [0.717, 1.165) is 17.9 Å². The van der Waals surface area contributed by atoms with Crippen LogP contribution in [0.1, 0.15) is 39.0 Å². The van der Waals surface area contributed by atoms with Crippen LogP contribution >= 0.6 is 0 Å². The molecule has 1 saturated carbocycles. The Labute approximate surface area is 69.6 Å². The first-order chi connectivity index (χ1) is 5.42. The van der Waals surface area contributed by atoms with Crippen LogP contribution in [0, 0.1) is 11.8 Å². The van der Waals surface area contributed by atoms with Gasteiger partial charge in [0.1, 0.15) is 0 Å². The Morgan fingerprint density at radius 3 is 2.91 bits per heavy atom. The smallest absolute Gasteiger partial charge is 0.00959 e. The standard InChI is InChI=1S/C10H19N/c1-2-10-9-6-4-3-5-8(9)7-11-10/h8-11H,2-7H2,1H3. The highest BCUT2D eigenvalue weighted by Crippen LogP contribution is 2.36. The van der Waals surface area contributed by atoms with E-state index in [9.17, 15) is 0 Å². The van der Waals surface area contributed by atoms with Gasteiger partial charge in [-0.05, 0) is 37.6 Å². The molecule has 0 aromatic rings. The Morgan fingerprint density at radius 2 is 2.09 bits per heavy atom. The number of hydrogen-bond donors (Lipinski definition) is 1. The van der Waals surface area contributed by atoms with Crippen molar-refractivity contribution in [1.82, 2.24) is 5.32 Å². The summed E-state index contributed by atoms with van der Waals surface area (Å²) in [6.07, 6.45) is 7.30. The molecule has 1 heterocycles. The van der Waals surface area contributed by atoms with Crippen LogP contribution in [-0.4, -0.2) is 12.6 Å². The molecule has 1 heteroatoms. The van der Waals surface area contributed by atoms with Crippen LogP contribution in [0.2, 0.25) is 0 Å². The summed E-state index contributed by atoms with van der Waals surface area (Å²) in [6.45, 7) is 3.62. The van der Waals surface area contributed by atoms with Gasteiger partial charge in [0.25, 0.3) is 0 Å². The molecule has 0 aromatic carbocycles. The van der Waals surface area contributed by atoms with Gasteiger partial charge in [-0.1, -0.05) is 19.8 Å². The molecule has 1 saturated heterocycles. The zero-order valence-electron chi connectivity index (χ0n) is 7.47. The monoisotopic (exact) mass is 153 g/mol. The molecule has 1 aliphatic heterocycles. The molecule has 11 heavy (non-hydrogen) atoms. The second-order valence-corrected chi connectivity index (χ2v) is 4.13. The molecule has 2 rings (SSSR count). The molecule has 3 atom stereocenters. The van der Waals surface area contributed by atoms with Gasteiger partial charge in [-0.15, -0.1) is 0 Å². The second-order valence-electron chi connectivity index (χ2n) is 4.13. The summed E-state index contributed by atoms with van der Waals surface area (Å²) in [5.41, 5.74) is 0. The summed E-state index contributed by atoms with van der Waals surface area (Å²) < 4.78 is 0. The summed E-state index contributed by atoms with van der Waals surface area (Å²) in [4.78, 5) is 0. The fourth-order valence-electron chi connectivity index (χ4n) is 2.92. The molecule has 1 N–H and O–H groups in total. The van der Waals surface area contributed by atoms with Gasteiger partial charge >= 0.3 is 0 Å². The van der Waals surface area contributed by atoms with Gasteiger partial charge in [0, 0.05) is 6.04 Å². The van der Waals surface area contributed by atoms with Crippen molar-refractivity contribution < 1.29 is 0 Å². The molecule has 2 fully saturated rings. The Kier molecular flexibility index (Phi) is 2.17. The van der Waals surface area contributed by atoms with E-state index in [4.69, 9.17) is 0 Å². The number of fused-ring (bicyclic) bond motifs is 1. The molecule has 1 aliphatic carbocycles. The topological polar surface area (TPSA) is 12.0 Å². The SMILES string of the molecule is CCC1NCC2CCCCC21. The first-order valence-corrected chi connectivity index (χ1v) is 5.15. The van der Waals surface area contributed by atoms with Crippen molar-refractivity contribution in [3.63, 3.8) is 0 Å². The van der Waals surface area contributed by atoms with Gasteiger partial charge in [0.05, 0.1) is 0 Å². The average molecular weight is 153 g/mol. The van der Waals surface area contributed by atoms with Gasteiger partial charge in [0.15, 0.2) is 0 Å². The van der Waals surface area contributed by atoms with Gasteiger partial charge in [-0.3, -0.25) is 0 Å². The summed E-state index contributed by atoms with van der Waals surface area (Å²) >= 11 is 0. The summed E-state index contributed by atoms with van der Waals surface area (Å²) in [5, 5.41) is 3.65. The third-order valence-electron chi connectivity index (χ3n) is 3.57. The molecular weight excluding hydrogens is 134 g/mol. The minimum Gasteiger partial charge on any atom is -0.313 e. The lowest BCUT2D eigenvalue weighted by Crippen LogP contribution is -2.27. The quantitative estimate of drug-likeness (QED) is 0.609. The fraction of sp³-hybridized carbons (Fsp3) is 1.00. The fourth-order valence-corrected chi connectivity index (χ4v) is 2.92. The Balaban J connectivity index is 1.98. The number of hydrogen-bond acceptors (Lipinski definition) is 1. The van der Waals surface area contributed by atoms with Crippen molar-refractivity contribution in [3.8, 4) is 0 Å². The summed E-state index contributed by atoms with van der Waals surface area (Å²) in [7, 11) is 0. The van der Waals surface area contributed by atoms with Crippen LogP contribution in [0.25, 0.3) is 0 Å². The zero-order chi connectivity index (χ0) is 7.68. The van der Waals surface area contributed by atoms with Crippen molar-refractivity contribution in [1.29, 1.82) is 0 Å². The van der Waals surface area contributed by atoms with Crippen LogP contribution in [0.3, 0.4) is 0 Å². The lowest BCUT2D eigenvalue weighted by molar-refractivity contribution is 0.262. The van der Waals surface area contributed by atoms with Crippen LogP contribution < -0.4 is 5.32 Å². The molecule has 0 aromatic heterocycles. The van der Waals surface area contributed by atoms with Crippen LogP contribution in [-0.2, 0) is 0 Å². The highest BCUT2D eigenvalue weighted by molar-refractivity contribution is 4.91. The van der Waals surface area contributed by atoms with Gasteiger partial charge < -0.3 is 5.32 Å². The van der Waals surface area contributed by atoms with E-state index in [1.807, 2.05) is 0 Å². The number of rotatable bonds is 1. The van der Waals surface area contributed by atoms with Crippen LogP contribution in [0.15, 0.2) is 0 Å².